The van der Waals surface area contributed by atoms with Crippen molar-refractivity contribution in [1.82, 2.24) is 9.55 Å². The number of carbonyl (C=O) groups is 1. The number of thiazole rings is 1. The molecule has 1 aliphatic rings. The first-order chi connectivity index (χ1) is 14.5. The highest BCUT2D eigenvalue weighted by Crippen LogP contribution is 2.30. The van der Waals surface area contributed by atoms with Gasteiger partial charge in [0.1, 0.15) is 16.0 Å². The van der Waals surface area contributed by atoms with E-state index in [1.807, 2.05) is 6.20 Å². The van der Waals surface area contributed by atoms with E-state index in [1.54, 1.807) is 10.6 Å². The maximum absolute atomic E-state index is 14.2. The summed E-state index contributed by atoms with van der Waals surface area (Å²) in [5, 5.41) is 2.85. The number of halogens is 3. The summed E-state index contributed by atoms with van der Waals surface area (Å²) < 4.78 is 35.0. The molecule has 0 bridgehead atoms. The molecule has 0 atom stereocenters. The molecule has 1 amide bonds. The van der Waals surface area contributed by atoms with Gasteiger partial charge in [0, 0.05) is 23.9 Å². The van der Waals surface area contributed by atoms with E-state index in [4.69, 9.17) is 16.3 Å². The molecule has 0 aliphatic heterocycles. The Hall–Kier alpha value is -2.45. The first-order valence-corrected chi connectivity index (χ1v) is 10.9. The molecule has 5 nitrogen and oxygen atoms in total. The number of rotatable bonds is 6. The molecule has 0 spiro atoms. The average molecular weight is 452 g/mol. The van der Waals surface area contributed by atoms with Gasteiger partial charge in [-0.3, -0.25) is 5.32 Å². The van der Waals surface area contributed by atoms with Crippen LogP contribution in [-0.2, 0) is 13.0 Å². The van der Waals surface area contributed by atoms with E-state index in [9.17, 15) is 13.6 Å². The van der Waals surface area contributed by atoms with Crippen molar-refractivity contribution < 1.29 is 18.3 Å². The molecule has 1 fully saturated rings. The van der Waals surface area contributed by atoms with Crippen molar-refractivity contribution in [1.29, 1.82) is 0 Å². The molecule has 158 valence electrons. The maximum Gasteiger partial charge on any atom is 0.420 e. The number of hydrogen-bond acceptors (Lipinski definition) is 4. The highest BCUT2D eigenvalue weighted by atomic mass is 35.5. The second-order valence-electron chi connectivity index (χ2n) is 7.39. The summed E-state index contributed by atoms with van der Waals surface area (Å²) in [6.07, 6.45) is 8.28. The van der Waals surface area contributed by atoms with E-state index < -0.39 is 17.7 Å². The smallest absolute Gasteiger partial charge is 0.393 e. The Morgan fingerprint density at radius 2 is 2.10 bits per heavy atom. The Morgan fingerprint density at radius 1 is 1.30 bits per heavy atom. The van der Waals surface area contributed by atoms with Gasteiger partial charge >= 0.3 is 6.09 Å². The first-order valence-electron chi connectivity index (χ1n) is 9.69. The van der Waals surface area contributed by atoms with Crippen LogP contribution < -0.4 is 10.1 Å². The summed E-state index contributed by atoms with van der Waals surface area (Å²) in [6, 6.07) is 5.25. The van der Waals surface area contributed by atoms with Crippen molar-refractivity contribution in [3.05, 3.63) is 63.8 Å². The molecule has 1 aliphatic carbocycles. The third kappa shape index (κ3) is 5.17. The van der Waals surface area contributed by atoms with Crippen LogP contribution in [0.4, 0.5) is 18.7 Å². The number of benzene rings is 1. The molecule has 9 heteroatoms. The van der Waals surface area contributed by atoms with Crippen LogP contribution in [0, 0.1) is 17.6 Å². The van der Waals surface area contributed by atoms with Crippen molar-refractivity contribution in [2.75, 3.05) is 5.32 Å². The lowest BCUT2D eigenvalue weighted by Gasteiger charge is -2.10. The van der Waals surface area contributed by atoms with Crippen LogP contribution >= 0.6 is 22.9 Å². The zero-order chi connectivity index (χ0) is 21.1. The zero-order valence-corrected chi connectivity index (χ0v) is 17.6. The quantitative estimate of drug-likeness (QED) is 0.480. The van der Waals surface area contributed by atoms with Crippen LogP contribution in [0.15, 0.2) is 36.7 Å². The van der Waals surface area contributed by atoms with Gasteiger partial charge in [0.25, 0.3) is 0 Å². The van der Waals surface area contributed by atoms with Gasteiger partial charge < -0.3 is 9.30 Å². The molecule has 1 saturated carbocycles. The molecule has 0 unspecified atom stereocenters. The lowest BCUT2D eigenvalue weighted by molar-refractivity contribution is 0.211. The van der Waals surface area contributed by atoms with E-state index in [0.29, 0.717) is 20.9 Å². The topological polar surface area (TPSA) is 56.1 Å². The molecule has 0 radical (unpaired) electrons. The maximum atomic E-state index is 14.2. The molecule has 4 rings (SSSR count). The summed E-state index contributed by atoms with van der Waals surface area (Å²) in [4.78, 5) is 16.3. The zero-order valence-electron chi connectivity index (χ0n) is 16.0. The summed E-state index contributed by atoms with van der Waals surface area (Å²) in [6.45, 7) is 0.114. The average Bonchev–Trinajstić information content (AvgIpc) is 3.41. The molecular formula is C21H20ClF2N3O2S. The summed E-state index contributed by atoms with van der Waals surface area (Å²) in [5.74, 6) is -0.396. The number of hydrogen-bond donors (Lipinski definition) is 1. The van der Waals surface area contributed by atoms with Gasteiger partial charge in [0.15, 0.2) is 5.13 Å². The van der Waals surface area contributed by atoms with Gasteiger partial charge in [-0.15, -0.1) is 0 Å². The monoisotopic (exact) mass is 451 g/mol. The van der Waals surface area contributed by atoms with E-state index in [2.05, 4.69) is 10.3 Å². The summed E-state index contributed by atoms with van der Waals surface area (Å²) in [7, 11) is 0. The van der Waals surface area contributed by atoms with Gasteiger partial charge in [0.2, 0.25) is 5.88 Å². The number of nitrogens with one attached hydrogen (secondary N) is 1. The van der Waals surface area contributed by atoms with Crippen LogP contribution in [0.1, 0.15) is 36.8 Å². The van der Waals surface area contributed by atoms with Crippen molar-refractivity contribution >= 4 is 34.2 Å². The second-order valence-corrected chi connectivity index (χ2v) is 9.05. The molecule has 1 aromatic carbocycles. The Balaban J connectivity index is 1.54. The first kappa shape index (κ1) is 20.8. The van der Waals surface area contributed by atoms with Gasteiger partial charge in [-0.25, -0.2) is 18.6 Å². The number of amides is 1. The minimum absolute atomic E-state index is 0.114. The van der Waals surface area contributed by atoms with Gasteiger partial charge in [-0.1, -0.05) is 54.7 Å². The number of ether oxygens (including phenoxy) is 1. The lowest BCUT2D eigenvalue weighted by atomic mass is 10.0. The Morgan fingerprint density at radius 3 is 2.80 bits per heavy atom. The van der Waals surface area contributed by atoms with Crippen LogP contribution in [0.2, 0.25) is 4.34 Å². The van der Waals surface area contributed by atoms with Gasteiger partial charge in [-0.2, -0.15) is 0 Å². The van der Waals surface area contributed by atoms with Crippen molar-refractivity contribution in [2.45, 2.75) is 38.6 Å². The largest absolute Gasteiger partial charge is 0.420 e. The third-order valence-electron chi connectivity index (χ3n) is 5.15. The standard InChI is InChI=1S/C21H20ClF2N3O2S/c22-18-10-25-20(30-18)26-21(28)29-19-8-14(7-13-3-1-2-4-13)11-27(19)12-15-5-6-16(23)9-17(15)24/h5-6,8-11,13H,1-4,7,12H2,(H,25,26,28). The number of carbonyl (C=O) groups excluding carboxylic acids is 1. The predicted octanol–water partition coefficient (Wildman–Crippen LogP) is 6.27. The highest BCUT2D eigenvalue weighted by molar-refractivity contribution is 7.19. The van der Waals surface area contributed by atoms with E-state index in [-0.39, 0.29) is 12.4 Å². The molecule has 30 heavy (non-hydrogen) atoms. The van der Waals surface area contributed by atoms with E-state index in [0.717, 1.165) is 29.4 Å². The van der Waals surface area contributed by atoms with E-state index in [1.165, 1.54) is 44.0 Å². The SMILES string of the molecule is O=C(Nc1ncc(Cl)s1)Oc1cc(CC2CCCC2)cn1Cc1ccc(F)cc1F. The van der Waals surface area contributed by atoms with Crippen molar-refractivity contribution in [2.24, 2.45) is 5.92 Å². The fourth-order valence-electron chi connectivity index (χ4n) is 3.77. The Labute approximate surface area is 181 Å². The van der Waals surface area contributed by atoms with Gasteiger partial charge in [-0.05, 0) is 24.0 Å². The third-order valence-corrected chi connectivity index (χ3v) is 6.18. The van der Waals surface area contributed by atoms with Crippen molar-refractivity contribution in [3.8, 4) is 5.88 Å². The minimum Gasteiger partial charge on any atom is -0.393 e. The molecular weight excluding hydrogens is 432 g/mol. The van der Waals surface area contributed by atoms with Crippen LogP contribution in [0.3, 0.4) is 0 Å². The minimum atomic E-state index is -0.715. The lowest BCUT2D eigenvalue weighted by Crippen LogP contribution is -2.18. The number of aromatic nitrogens is 2. The fraction of sp³-hybridized carbons (Fsp3) is 0.333. The molecule has 2 aromatic heterocycles. The summed E-state index contributed by atoms with van der Waals surface area (Å²) >= 11 is 6.94. The normalized spacial score (nSPS) is 14.2. The molecule has 1 N–H and O–H groups in total. The number of nitrogens with zero attached hydrogens (tertiary/aromatic N) is 2. The predicted molar refractivity (Wildman–Crippen MR) is 112 cm³/mol. The second kappa shape index (κ2) is 9.14. The van der Waals surface area contributed by atoms with Crippen molar-refractivity contribution in [3.63, 3.8) is 0 Å². The fourth-order valence-corrected chi connectivity index (χ4v) is 4.57. The van der Waals surface area contributed by atoms with Crippen LogP contribution in [-0.4, -0.2) is 15.6 Å². The molecule has 3 aromatic rings. The Kier molecular flexibility index (Phi) is 6.34. The molecule has 0 saturated heterocycles. The van der Waals surface area contributed by atoms with Gasteiger partial charge in [0.05, 0.1) is 12.7 Å². The number of anilines is 1. The van der Waals surface area contributed by atoms with Crippen LogP contribution in [0.5, 0.6) is 5.88 Å². The van der Waals surface area contributed by atoms with Crippen LogP contribution in [0.25, 0.3) is 0 Å². The highest BCUT2D eigenvalue weighted by Gasteiger charge is 2.19. The molecule has 2 heterocycles. The summed E-state index contributed by atoms with van der Waals surface area (Å²) in [5.41, 5.74) is 1.32. The van der Waals surface area contributed by atoms with E-state index >= 15 is 0 Å². The Bertz CT molecular complexity index is 1050.